The number of halogens is 5. The molecular weight excluding hydrogens is 291 g/mol. The summed E-state index contributed by atoms with van der Waals surface area (Å²) in [5.74, 6) is -2.31. The second-order valence-electron chi connectivity index (χ2n) is 4.33. The lowest BCUT2D eigenvalue weighted by Crippen LogP contribution is -2.23. The Morgan fingerprint density at radius 1 is 1.10 bits per heavy atom. The van der Waals surface area contributed by atoms with Crippen molar-refractivity contribution < 1.29 is 22.0 Å². The summed E-state index contributed by atoms with van der Waals surface area (Å²) >= 11 is 0. The lowest BCUT2D eigenvalue weighted by atomic mass is 9.95. The van der Waals surface area contributed by atoms with Crippen LogP contribution in [0.2, 0.25) is 0 Å². The highest BCUT2D eigenvalue weighted by Crippen LogP contribution is 2.36. The summed E-state index contributed by atoms with van der Waals surface area (Å²) in [4.78, 5) is 3.65. The summed E-state index contributed by atoms with van der Waals surface area (Å²) in [5, 5.41) is 2.57. The van der Waals surface area contributed by atoms with Crippen LogP contribution in [0, 0.1) is 11.6 Å². The molecule has 0 amide bonds. The summed E-state index contributed by atoms with van der Waals surface area (Å²) in [7, 11) is 1.36. The van der Waals surface area contributed by atoms with Crippen molar-refractivity contribution in [3.63, 3.8) is 0 Å². The molecule has 2 rings (SSSR count). The zero-order chi connectivity index (χ0) is 15.6. The lowest BCUT2D eigenvalue weighted by Gasteiger charge is -2.21. The summed E-state index contributed by atoms with van der Waals surface area (Å²) in [6.07, 6.45) is -2.62. The van der Waals surface area contributed by atoms with Crippen molar-refractivity contribution in [2.45, 2.75) is 12.2 Å². The monoisotopic (exact) mass is 302 g/mol. The van der Waals surface area contributed by atoms with Gasteiger partial charge < -0.3 is 5.32 Å². The summed E-state index contributed by atoms with van der Waals surface area (Å²) in [5.41, 5.74) is -1.42. The molecule has 0 aliphatic heterocycles. The minimum Gasteiger partial charge on any atom is -0.309 e. The Hall–Kier alpha value is -2.02. The van der Waals surface area contributed by atoms with Gasteiger partial charge >= 0.3 is 6.18 Å². The van der Waals surface area contributed by atoms with E-state index in [0.717, 1.165) is 24.5 Å². The highest BCUT2D eigenvalue weighted by molar-refractivity contribution is 5.37. The van der Waals surface area contributed by atoms with Crippen LogP contribution >= 0.6 is 0 Å². The van der Waals surface area contributed by atoms with Crippen LogP contribution in [0.1, 0.15) is 22.7 Å². The van der Waals surface area contributed by atoms with Crippen molar-refractivity contribution in [3.8, 4) is 0 Å². The number of alkyl halides is 3. The molecule has 0 saturated carbocycles. The maximum atomic E-state index is 13.8. The number of nitrogens with one attached hydrogen (secondary N) is 1. The topological polar surface area (TPSA) is 24.9 Å². The Labute approximate surface area is 117 Å². The van der Waals surface area contributed by atoms with Gasteiger partial charge in [-0.05, 0) is 19.2 Å². The molecule has 2 nitrogen and oxygen atoms in total. The fourth-order valence-electron chi connectivity index (χ4n) is 2.12. The molecule has 0 aliphatic carbocycles. The number of benzene rings is 1. The van der Waals surface area contributed by atoms with Gasteiger partial charge in [-0.1, -0.05) is 12.1 Å². The summed E-state index contributed by atoms with van der Waals surface area (Å²) in [6, 6.07) is 3.01. The fourth-order valence-corrected chi connectivity index (χ4v) is 2.12. The Balaban J connectivity index is 2.60. The Morgan fingerprint density at radius 3 is 2.43 bits per heavy atom. The molecule has 1 N–H and O–H groups in total. The highest BCUT2D eigenvalue weighted by atomic mass is 19.4. The fraction of sp³-hybridized carbons (Fsp3) is 0.214. The van der Waals surface area contributed by atoms with E-state index < -0.39 is 29.4 Å². The van der Waals surface area contributed by atoms with Gasteiger partial charge in [0.25, 0.3) is 0 Å². The Kier molecular flexibility index (Phi) is 4.22. The summed E-state index contributed by atoms with van der Waals surface area (Å²) < 4.78 is 66.2. The second-order valence-corrected chi connectivity index (χ2v) is 4.33. The van der Waals surface area contributed by atoms with E-state index in [9.17, 15) is 22.0 Å². The molecule has 112 valence electrons. The average Bonchev–Trinajstić information content (AvgIpc) is 2.44. The number of hydrogen-bond donors (Lipinski definition) is 1. The molecule has 0 fully saturated rings. The SMILES string of the molecule is CNC(c1cnccc1C(F)(F)F)c1cccc(F)c1F. The van der Waals surface area contributed by atoms with Gasteiger partial charge in [-0.25, -0.2) is 8.78 Å². The summed E-state index contributed by atoms with van der Waals surface area (Å²) in [6.45, 7) is 0. The van der Waals surface area contributed by atoms with Gasteiger partial charge in [-0.15, -0.1) is 0 Å². The number of aromatic nitrogens is 1. The Bertz CT molecular complexity index is 640. The smallest absolute Gasteiger partial charge is 0.309 e. The lowest BCUT2D eigenvalue weighted by molar-refractivity contribution is -0.138. The van der Waals surface area contributed by atoms with Crippen molar-refractivity contribution in [1.82, 2.24) is 10.3 Å². The first-order valence-electron chi connectivity index (χ1n) is 5.98. The van der Waals surface area contributed by atoms with Gasteiger partial charge in [0, 0.05) is 23.5 Å². The molecule has 21 heavy (non-hydrogen) atoms. The first-order valence-corrected chi connectivity index (χ1v) is 5.98. The molecule has 0 saturated heterocycles. The Morgan fingerprint density at radius 2 is 1.81 bits per heavy atom. The van der Waals surface area contributed by atoms with E-state index in [0.29, 0.717) is 0 Å². The predicted molar refractivity (Wildman–Crippen MR) is 66.5 cm³/mol. The molecule has 0 bridgehead atoms. The molecule has 1 aromatic carbocycles. The predicted octanol–water partition coefficient (Wildman–Crippen LogP) is 3.69. The van der Waals surface area contributed by atoms with Gasteiger partial charge in [-0.2, -0.15) is 13.2 Å². The zero-order valence-electron chi connectivity index (χ0n) is 10.9. The quantitative estimate of drug-likeness (QED) is 0.875. The minimum absolute atomic E-state index is 0.212. The molecule has 0 spiro atoms. The van der Waals surface area contributed by atoms with E-state index >= 15 is 0 Å². The number of rotatable bonds is 3. The number of hydrogen-bond acceptors (Lipinski definition) is 2. The van der Waals surface area contributed by atoms with E-state index in [4.69, 9.17) is 0 Å². The van der Waals surface area contributed by atoms with Crippen molar-refractivity contribution in [2.75, 3.05) is 7.05 Å². The third-order valence-electron chi connectivity index (χ3n) is 3.05. The normalized spacial score (nSPS) is 13.2. The molecule has 7 heteroatoms. The van der Waals surface area contributed by atoms with E-state index in [2.05, 4.69) is 10.3 Å². The molecule has 1 atom stereocenters. The molecule has 1 unspecified atom stereocenters. The minimum atomic E-state index is -4.61. The van der Waals surface area contributed by atoms with Crippen molar-refractivity contribution >= 4 is 0 Å². The second kappa shape index (κ2) is 5.77. The molecule has 1 heterocycles. The zero-order valence-corrected chi connectivity index (χ0v) is 10.9. The van der Waals surface area contributed by atoms with Crippen LogP contribution in [0.5, 0.6) is 0 Å². The third-order valence-corrected chi connectivity index (χ3v) is 3.05. The van der Waals surface area contributed by atoms with Crippen molar-refractivity contribution in [3.05, 3.63) is 65.0 Å². The van der Waals surface area contributed by atoms with Gasteiger partial charge in [0.15, 0.2) is 11.6 Å². The van der Waals surface area contributed by atoms with E-state index in [-0.39, 0.29) is 11.1 Å². The molecule has 0 aliphatic rings. The van der Waals surface area contributed by atoms with Gasteiger partial charge in [0.05, 0.1) is 11.6 Å². The third kappa shape index (κ3) is 3.02. The van der Waals surface area contributed by atoms with Crippen LogP contribution in [0.3, 0.4) is 0 Å². The van der Waals surface area contributed by atoms with Gasteiger partial charge in [0.1, 0.15) is 0 Å². The van der Waals surface area contributed by atoms with Crippen LogP contribution in [0.4, 0.5) is 22.0 Å². The molecule has 2 aromatic rings. The number of nitrogens with zero attached hydrogens (tertiary/aromatic N) is 1. The first kappa shape index (κ1) is 15.4. The average molecular weight is 302 g/mol. The number of pyridine rings is 1. The molecule has 0 radical (unpaired) electrons. The van der Waals surface area contributed by atoms with E-state index in [1.165, 1.54) is 19.2 Å². The molecule has 1 aromatic heterocycles. The van der Waals surface area contributed by atoms with Crippen LogP contribution in [-0.4, -0.2) is 12.0 Å². The van der Waals surface area contributed by atoms with Crippen molar-refractivity contribution in [1.29, 1.82) is 0 Å². The maximum absolute atomic E-state index is 13.8. The standard InChI is InChI=1S/C14H11F5N2/c1-20-13(8-3-2-4-11(15)12(8)16)9-7-21-6-5-10(9)14(17,18)19/h2-7,13,20H,1H3. The van der Waals surface area contributed by atoms with E-state index in [1.807, 2.05) is 0 Å². The van der Waals surface area contributed by atoms with Crippen LogP contribution < -0.4 is 5.32 Å². The first-order chi connectivity index (χ1) is 9.86. The van der Waals surface area contributed by atoms with Crippen LogP contribution in [0.15, 0.2) is 36.7 Å². The van der Waals surface area contributed by atoms with Gasteiger partial charge in [-0.3, -0.25) is 4.98 Å². The largest absolute Gasteiger partial charge is 0.416 e. The van der Waals surface area contributed by atoms with Crippen LogP contribution in [0.25, 0.3) is 0 Å². The maximum Gasteiger partial charge on any atom is 0.416 e. The van der Waals surface area contributed by atoms with Gasteiger partial charge in [0.2, 0.25) is 0 Å². The van der Waals surface area contributed by atoms with Crippen molar-refractivity contribution in [2.24, 2.45) is 0 Å². The molecular formula is C14H11F5N2. The highest BCUT2D eigenvalue weighted by Gasteiger charge is 2.36. The van der Waals surface area contributed by atoms with E-state index in [1.54, 1.807) is 0 Å². The van der Waals surface area contributed by atoms with Crippen LogP contribution in [-0.2, 0) is 6.18 Å².